The number of esters is 2. The zero-order valence-electron chi connectivity index (χ0n) is 34.1. The minimum absolute atomic E-state index is 0.0163. The van der Waals surface area contributed by atoms with Crippen LogP contribution >= 0.6 is 0 Å². The Morgan fingerprint density at radius 2 is 0.840 bits per heavy atom. The number of unbranched alkanes of at least 4 members (excludes halogenated alkanes) is 24. The molecular formula is C44H88N2O4. The number of hydrogen-bond donors (Lipinski definition) is 1. The normalized spacial score (nSPS) is 11.6. The molecule has 298 valence electrons. The molecule has 6 heteroatoms. The lowest BCUT2D eigenvalue weighted by Gasteiger charge is -2.21. The van der Waals surface area contributed by atoms with Gasteiger partial charge in [-0.15, -0.1) is 0 Å². The summed E-state index contributed by atoms with van der Waals surface area (Å²) >= 11 is 0. The summed E-state index contributed by atoms with van der Waals surface area (Å²) < 4.78 is 11.2. The number of nitrogens with zero attached hydrogens (tertiary/aromatic N) is 1. The Kier molecular flexibility index (Phi) is 39.7. The van der Waals surface area contributed by atoms with Gasteiger partial charge in [-0.25, -0.2) is 0 Å². The number of carbonyl (C=O) groups is 2. The van der Waals surface area contributed by atoms with E-state index >= 15 is 0 Å². The average Bonchev–Trinajstić information content (AvgIpc) is 3.11. The van der Waals surface area contributed by atoms with Gasteiger partial charge in [-0.05, 0) is 58.0 Å². The standard InChI is InChI=1S/C44H88N2O4/c1-4-7-10-13-16-24-31-40-49-43(47)35-28-21-17-22-29-37-46(39-36-45)38-30-23-18-25-32-41-50-44(48)42(33-26-19-14-11-8-5-2)34-27-20-15-12-9-6-3/h42H,4-41,45H2,1-3H3. The lowest BCUT2D eigenvalue weighted by molar-refractivity contribution is -0.149. The van der Waals surface area contributed by atoms with E-state index in [1.165, 1.54) is 141 Å². The van der Waals surface area contributed by atoms with Gasteiger partial charge in [0.25, 0.3) is 0 Å². The van der Waals surface area contributed by atoms with Crippen LogP contribution in [0.5, 0.6) is 0 Å². The van der Waals surface area contributed by atoms with Crippen molar-refractivity contribution < 1.29 is 19.1 Å². The highest BCUT2D eigenvalue weighted by Crippen LogP contribution is 2.21. The Morgan fingerprint density at radius 1 is 0.460 bits per heavy atom. The third-order valence-corrected chi connectivity index (χ3v) is 10.3. The topological polar surface area (TPSA) is 81.9 Å². The minimum atomic E-state index is -0.0163. The van der Waals surface area contributed by atoms with Gasteiger partial charge in [0.15, 0.2) is 0 Å². The van der Waals surface area contributed by atoms with E-state index in [1.807, 2.05) is 0 Å². The van der Waals surface area contributed by atoms with E-state index in [1.54, 1.807) is 0 Å². The molecule has 0 spiro atoms. The number of nitrogens with two attached hydrogens (primary N) is 1. The van der Waals surface area contributed by atoms with Gasteiger partial charge in [0.05, 0.1) is 19.1 Å². The van der Waals surface area contributed by atoms with E-state index in [2.05, 4.69) is 25.7 Å². The predicted molar refractivity (Wildman–Crippen MR) is 216 cm³/mol. The molecule has 0 bridgehead atoms. The van der Waals surface area contributed by atoms with Gasteiger partial charge >= 0.3 is 11.9 Å². The number of ether oxygens (including phenoxy) is 2. The first-order chi connectivity index (χ1) is 24.6. The summed E-state index contributed by atoms with van der Waals surface area (Å²) in [5, 5.41) is 0. The van der Waals surface area contributed by atoms with Crippen LogP contribution in [-0.2, 0) is 19.1 Å². The monoisotopic (exact) mass is 709 g/mol. The van der Waals surface area contributed by atoms with Gasteiger partial charge in [-0.2, -0.15) is 0 Å². The maximum absolute atomic E-state index is 13.0. The van der Waals surface area contributed by atoms with Crippen LogP contribution in [0.15, 0.2) is 0 Å². The first-order valence-electron chi connectivity index (χ1n) is 22.3. The molecule has 0 heterocycles. The van der Waals surface area contributed by atoms with Crippen molar-refractivity contribution in [1.82, 2.24) is 4.90 Å². The SMILES string of the molecule is CCCCCCCCCOC(=O)CCCCCCCN(CCN)CCCCCCCOC(=O)C(CCCCCCCC)CCCCCCCC. The van der Waals surface area contributed by atoms with Gasteiger partial charge in [0, 0.05) is 19.5 Å². The summed E-state index contributed by atoms with van der Waals surface area (Å²) in [5.74, 6) is 0.160. The molecule has 0 aliphatic carbocycles. The fourth-order valence-corrected chi connectivity index (χ4v) is 6.95. The highest BCUT2D eigenvalue weighted by Gasteiger charge is 2.19. The van der Waals surface area contributed by atoms with Crippen molar-refractivity contribution in [1.29, 1.82) is 0 Å². The van der Waals surface area contributed by atoms with Crippen LogP contribution in [0, 0.1) is 5.92 Å². The maximum Gasteiger partial charge on any atom is 0.308 e. The first-order valence-corrected chi connectivity index (χ1v) is 22.3. The summed E-state index contributed by atoms with van der Waals surface area (Å²) in [6, 6.07) is 0. The second kappa shape index (κ2) is 40.6. The lowest BCUT2D eigenvalue weighted by Crippen LogP contribution is -2.31. The number of rotatable bonds is 41. The van der Waals surface area contributed by atoms with Crippen molar-refractivity contribution in [3.63, 3.8) is 0 Å². The predicted octanol–water partition coefficient (Wildman–Crippen LogP) is 12.5. The molecule has 0 unspecified atom stereocenters. The summed E-state index contributed by atoms with van der Waals surface area (Å²) in [6.07, 6.45) is 38.0. The Labute approximate surface area is 312 Å². The highest BCUT2D eigenvalue weighted by atomic mass is 16.5. The zero-order chi connectivity index (χ0) is 36.6. The van der Waals surface area contributed by atoms with Gasteiger partial charge in [0.2, 0.25) is 0 Å². The minimum Gasteiger partial charge on any atom is -0.466 e. The van der Waals surface area contributed by atoms with Crippen molar-refractivity contribution in [2.45, 2.75) is 226 Å². The van der Waals surface area contributed by atoms with Crippen LogP contribution < -0.4 is 5.73 Å². The Hall–Kier alpha value is -1.14. The molecule has 0 aliphatic rings. The first kappa shape index (κ1) is 48.9. The number of carbonyl (C=O) groups excluding carboxylic acids is 2. The quantitative estimate of drug-likeness (QED) is 0.0503. The summed E-state index contributed by atoms with van der Waals surface area (Å²) in [7, 11) is 0. The van der Waals surface area contributed by atoms with E-state index in [9.17, 15) is 9.59 Å². The highest BCUT2D eigenvalue weighted by molar-refractivity contribution is 5.72. The fraction of sp³-hybridized carbons (Fsp3) is 0.955. The third kappa shape index (κ3) is 35.3. The second-order valence-electron chi connectivity index (χ2n) is 15.2. The van der Waals surface area contributed by atoms with E-state index in [4.69, 9.17) is 15.2 Å². The van der Waals surface area contributed by atoms with Crippen LogP contribution in [0.4, 0.5) is 0 Å². The van der Waals surface area contributed by atoms with Crippen LogP contribution in [-0.4, -0.2) is 56.2 Å². The molecule has 0 amide bonds. The van der Waals surface area contributed by atoms with E-state index in [-0.39, 0.29) is 17.9 Å². The van der Waals surface area contributed by atoms with Gasteiger partial charge in [0.1, 0.15) is 0 Å². The molecule has 0 atom stereocenters. The smallest absolute Gasteiger partial charge is 0.308 e. The molecule has 0 aromatic heterocycles. The molecule has 0 aromatic carbocycles. The fourth-order valence-electron chi connectivity index (χ4n) is 6.95. The second-order valence-corrected chi connectivity index (χ2v) is 15.2. The van der Waals surface area contributed by atoms with Crippen molar-refractivity contribution in [2.75, 3.05) is 39.4 Å². The molecule has 0 rings (SSSR count). The number of hydrogen-bond acceptors (Lipinski definition) is 6. The largest absolute Gasteiger partial charge is 0.466 e. The van der Waals surface area contributed by atoms with E-state index < -0.39 is 0 Å². The van der Waals surface area contributed by atoms with Gasteiger partial charge in [-0.3, -0.25) is 9.59 Å². The molecule has 0 radical (unpaired) electrons. The van der Waals surface area contributed by atoms with Crippen molar-refractivity contribution >= 4 is 11.9 Å². The third-order valence-electron chi connectivity index (χ3n) is 10.3. The molecule has 6 nitrogen and oxygen atoms in total. The Balaban J connectivity index is 3.94. The van der Waals surface area contributed by atoms with E-state index in [0.29, 0.717) is 26.2 Å². The van der Waals surface area contributed by atoms with E-state index in [0.717, 1.165) is 77.4 Å². The summed E-state index contributed by atoms with van der Waals surface area (Å²) in [4.78, 5) is 27.5. The van der Waals surface area contributed by atoms with Crippen molar-refractivity contribution in [3.05, 3.63) is 0 Å². The van der Waals surface area contributed by atoms with Crippen LogP contribution in [0.25, 0.3) is 0 Å². The Bertz CT molecular complexity index is 688. The molecule has 2 N–H and O–H groups in total. The zero-order valence-corrected chi connectivity index (χ0v) is 34.1. The van der Waals surface area contributed by atoms with Crippen molar-refractivity contribution in [2.24, 2.45) is 11.7 Å². The molecule has 0 aliphatic heterocycles. The van der Waals surface area contributed by atoms with Crippen LogP contribution in [0.2, 0.25) is 0 Å². The molecule has 0 saturated heterocycles. The molecule has 0 aromatic rings. The molecular weight excluding hydrogens is 620 g/mol. The maximum atomic E-state index is 13.0. The van der Waals surface area contributed by atoms with Crippen molar-refractivity contribution in [3.8, 4) is 0 Å². The lowest BCUT2D eigenvalue weighted by atomic mass is 9.94. The Morgan fingerprint density at radius 3 is 1.30 bits per heavy atom. The summed E-state index contributed by atoms with van der Waals surface area (Å²) in [6.45, 7) is 11.9. The van der Waals surface area contributed by atoms with Crippen LogP contribution in [0.1, 0.15) is 226 Å². The van der Waals surface area contributed by atoms with Gasteiger partial charge < -0.3 is 20.1 Å². The summed E-state index contributed by atoms with van der Waals surface area (Å²) in [5.41, 5.74) is 5.91. The van der Waals surface area contributed by atoms with Gasteiger partial charge in [-0.1, -0.05) is 175 Å². The molecule has 0 fully saturated rings. The average molecular weight is 709 g/mol. The van der Waals surface area contributed by atoms with Crippen LogP contribution in [0.3, 0.4) is 0 Å². The molecule has 50 heavy (non-hydrogen) atoms. The molecule has 0 saturated carbocycles.